The van der Waals surface area contributed by atoms with E-state index in [1.165, 1.54) is 29.2 Å². The van der Waals surface area contributed by atoms with Crippen LogP contribution in [0.15, 0.2) is 30.3 Å². The first kappa shape index (κ1) is 18.0. The summed E-state index contributed by atoms with van der Waals surface area (Å²) < 4.78 is 19.3. The predicted octanol–water partition coefficient (Wildman–Crippen LogP) is 3.69. The van der Waals surface area contributed by atoms with Crippen LogP contribution in [0.5, 0.6) is 0 Å². The number of likely N-dealkylation sites (tertiary alicyclic amines) is 1. The fourth-order valence-corrected chi connectivity index (χ4v) is 2.66. The summed E-state index contributed by atoms with van der Waals surface area (Å²) in [5.74, 6) is -1.83. The van der Waals surface area contributed by atoms with Crippen molar-refractivity contribution >= 4 is 17.6 Å². The van der Waals surface area contributed by atoms with E-state index in [0.717, 1.165) is 6.42 Å². The van der Waals surface area contributed by atoms with Gasteiger partial charge in [-0.2, -0.15) is 0 Å². The molecule has 1 aliphatic rings. The van der Waals surface area contributed by atoms with Gasteiger partial charge in [-0.1, -0.05) is 18.2 Å². The van der Waals surface area contributed by atoms with E-state index in [0.29, 0.717) is 13.0 Å². The number of hydrogen-bond acceptors (Lipinski definition) is 3. The molecule has 1 heterocycles. The summed E-state index contributed by atoms with van der Waals surface area (Å²) in [5, 5.41) is 9.45. The van der Waals surface area contributed by atoms with Gasteiger partial charge in [-0.3, -0.25) is 0 Å². The van der Waals surface area contributed by atoms with Crippen molar-refractivity contribution in [1.29, 1.82) is 0 Å². The molecule has 1 aliphatic heterocycles. The number of hydrogen-bond donors (Lipinski definition) is 1. The highest BCUT2D eigenvalue weighted by atomic mass is 19.1. The fraction of sp³-hybridized carbons (Fsp3) is 0.444. The molecule has 1 aromatic carbocycles. The van der Waals surface area contributed by atoms with E-state index in [-0.39, 0.29) is 11.1 Å². The lowest BCUT2D eigenvalue weighted by atomic mass is 10.0. The van der Waals surface area contributed by atoms with Crippen LogP contribution in [0.2, 0.25) is 0 Å². The summed E-state index contributed by atoms with van der Waals surface area (Å²) in [6.07, 6.45) is 2.31. The van der Waals surface area contributed by atoms with E-state index in [9.17, 15) is 19.1 Å². The van der Waals surface area contributed by atoms with Gasteiger partial charge in [0.15, 0.2) is 0 Å². The summed E-state index contributed by atoms with van der Waals surface area (Å²) in [6, 6.07) is 5.29. The maximum atomic E-state index is 13.9. The molecule has 1 saturated heterocycles. The van der Waals surface area contributed by atoms with Gasteiger partial charge in [-0.25, -0.2) is 14.0 Å². The van der Waals surface area contributed by atoms with Crippen molar-refractivity contribution in [2.45, 2.75) is 45.3 Å². The molecule has 1 unspecified atom stereocenters. The molecular weight excluding hydrogens is 313 g/mol. The second-order valence-electron chi connectivity index (χ2n) is 6.75. The minimum atomic E-state index is -1.23. The first-order valence-electron chi connectivity index (χ1n) is 7.88. The highest BCUT2D eigenvalue weighted by Gasteiger charge is 2.32. The second kappa shape index (κ2) is 7.03. The Balaban J connectivity index is 2.30. The molecule has 1 fully saturated rings. The number of amides is 1. The van der Waals surface area contributed by atoms with Crippen LogP contribution in [0.4, 0.5) is 9.18 Å². The fourth-order valence-electron chi connectivity index (χ4n) is 2.66. The Bertz CT molecular complexity index is 663. The van der Waals surface area contributed by atoms with Gasteiger partial charge in [0, 0.05) is 12.1 Å². The number of ether oxygens (including phenoxy) is 1. The lowest BCUT2D eigenvalue weighted by Gasteiger charge is -2.27. The average Bonchev–Trinajstić information content (AvgIpc) is 2.92. The van der Waals surface area contributed by atoms with E-state index < -0.39 is 29.5 Å². The third-order valence-corrected chi connectivity index (χ3v) is 3.68. The van der Waals surface area contributed by atoms with Crippen LogP contribution in [0.25, 0.3) is 5.57 Å². The van der Waals surface area contributed by atoms with Crippen LogP contribution in [0.1, 0.15) is 39.2 Å². The molecule has 0 aromatic heterocycles. The normalized spacial score (nSPS) is 18.6. The van der Waals surface area contributed by atoms with Crippen LogP contribution >= 0.6 is 0 Å². The monoisotopic (exact) mass is 335 g/mol. The molecule has 1 amide bonds. The number of nitrogens with zero attached hydrogens (tertiary/aromatic N) is 1. The molecule has 1 atom stereocenters. The maximum absolute atomic E-state index is 13.9. The topological polar surface area (TPSA) is 66.8 Å². The van der Waals surface area contributed by atoms with Crippen molar-refractivity contribution in [1.82, 2.24) is 4.90 Å². The van der Waals surface area contributed by atoms with Gasteiger partial charge in [0.2, 0.25) is 0 Å². The summed E-state index contributed by atoms with van der Waals surface area (Å²) in [4.78, 5) is 25.3. The van der Waals surface area contributed by atoms with Gasteiger partial charge in [0.1, 0.15) is 11.4 Å². The molecule has 0 aliphatic carbocycles. The molecule has 1 aromatic rings. The number of carbonyl (C=O) groups is 2. The highest BCUT2D eigenvalue weighted by molar-refractivity contribution is 6.15. The number of aliphatic carboxylic acids is 1. The molecule has 24 heavy (non-hydrogen) atoms. The van der Waals surface area contributed by atoms with E-state index in [4.69, 9.17) is 4.74 Å². The van der Waals surface area contributed by atoms with Crippen molar-refractivity contribution in [2.75, 3.05) is 6.54 Å². The standard InChI is InChI=1S/C18H22FNO4/c1-18(2,3)24-17(23)20-10-6-7-12(20)11-14(16(21)22)13-8-4-5-9-15(13)19/h4-5,8-9,11-12H,6-7,10H2,1-3H3,(H,21,22)/b14-11-. The third kappa shape index (κ3) is 4.34. The number of carboxylic acids is 1. The van der Waals surface area contributed by atoms with Gasteiger partial charge >= 0.3 is 12.1 Å². The Morgan fingerprint density at radius 1 is 1.33 bits per heavy atom. The average molecular weight is 335 g/mol. The number of carboxylic acid groups (broad SMARTS) is 1. The summed E-state index contributed by atoms with van der Waals surface area (Å²) in [7, 11) is 0. The quantitative estimate of drug-likeness (QED) is 0.856. The van der Waals surface area contributed by atoms with E-state index in [1.807, 2.05) is 0 Å². The number of benzene rings is 1. The largest absolute Gasteiger partial charge is 0.478 e. The molecule has 0 spiro atoms. The predicted molar refractivity (Wildman–Crippen MR) is 88.0 cm³/mol. The van der Waals surface area contributed by atoms with E-state index in [2.05, 4.69) is 0 Å². The first-order valence-corrected chi connectivity index (χ1v) is 7.88. The minimum absolute atomic E-state index is 0.0149. The van der Waals surface area contributed by atoms with Crippen molar-refractivity contribution in [2.24, 2.45) is 0 Å². The Morgan fingerprint density at radius 2 is 2.00 bits per heavy atom. The number of halogens is 1. The Morgan fingerprint density at radius 3 is 2.58 bits per heavy atom. The van der Waals surface area contributed by atoms with Crippen LogP contribution in [-0.2, 0) is 9.53 Å². The minimum Gasteiger partial charge on any atom is -0.478 e. The van der Waals surface area contributed by atoms with Crippen LogP contribution in [0.3, 0.4) is 0 Å². The second-order valence-corrected chi connectivity index (χ2v) is 6.75. The van der Waals surface area contributed by atoms with E-state index in [1.54, 1.807) is 26.8 Å². The van der Waals surface area contributed by atoms with Gasteiger partial charge in [0.25, 0.3) is 0 Å². The summed E-state index contributed by atoms with van der Waals surface area (Å²) in [6.45, 7) is 5.80. The van der Waals surface area contributed by atoms with Gasteiger partial charge < -0.3 is 14.7 Å². The zero-order valence-electron chi connectivity index (χ0n) is 14.1. The first-order chi connectivity index (χ1) is 11.2. The van der Waals surface area contributed by atoms with Gasteiger partial charge in [-0.05, 0) is 45.8 Å². The third-order valence-electron chi connectivity index (χ3n) is 3.68. The van der Waals surface area contributed by atoms with Crippen LogP contribution < -0.4 is 0 Å². The molecule has 130 valence electrons. The molecule has 0 bridgehead atoms. The van der Waals surface area contributed by atoms with Crippen molar-refractivity contribution in [3.8, 4) is 0 Å². The SMILES string of the molecule is CC(C)(C)OC(=O)N1CCCC1/C=C(\C(=O)O)c1ccccc1F. The maximum Gasteiger partial charge on any atom is 0.410 e. The molecule has 5 nitrogen and oxygen atoms in total. The lowest BCUT2D eigenvalue weighted by molar-refractivity contribution is -0.130. The zero-order chi connectivity index (χ0) is 17.9. The van der Waals surface area contributed by atoms with Crippen LogP contribution in [-0.4, -0.2) is 40.3 Å². The number of carbonyl (C=O) groups excluding carboxylic acids is 1. The van der Waals surface area contributed by atoms with Crippen molar-refractivity contribution in [3.63, 3.8) is 0 Å². The Labute approximate surface area is 140 Å². The number of rotatable bonds is 3. The van der Waals surface area contributed by atoms with E-state index >= 15 is 0 Å². The summed E-state index contributed by atoms with van der Waals surface area (Å²) in [5.41, 5.74) is -0.760. The molecular formula is C18H22FNO4. The molecule has 2 rings (SSSR count). The van der Waals surface area contributed by atoms with Crippen molar-refractivity contribution in [3.05, 3.63) is 41.7 Å². The zero-order valence-corrected chi connectivity index (χ0v) is 14.1. The smallest absolute Gasteiger partial charge is 0.410 e. The molecule has 0 saturated carbocycles. The highest BCUT2D eigenvalue weighted by Crippen LogP contribution is 2.26. The molecule has 6 heteroatoms. The lowest BCUT2D eigenvalue weighted by Crippen LogP contribution is -2.39. The summed E-state index contributed by atoms with van der Waals surface area (Å²) >= 11 is 0. The van der Waals surface area contributed by atoms with Gasteiger partial charge in [0.05, 0.1) is 11.6 Å². The van der Waals surface area contributed by atoms with Crippen LogP contribution in [0, 0.1) is 5.82 Å². The Hall–Kier alpha value is -2.37. The van der Waals surface area contributed by atoms with Gasteiger partial charge in [-0.15, -0.1) is 0 Å². The molecule has 1 N–H and O–H groups in total. The Kier molecular flexibility index (Phi) is 5.26. The van der Waals surface area contributed by atoms with Crippen molar-refractivity contribution < 1.29 is 23.8 Å². The molecule has 0 radical (unpaired) electrons.